The molecule has 1 aromatic heterocycles. The zero-order valence-electron chi connectivity index (χ0n) is 19.2. The number of carbonyl (C=O) groups is 2. The van der Waals surface area contributed by atoms with E-state index in [1.165, 1.54) is 4.90 Å². The average molecular weight is 478 g/mol. The third-order valence-corrected chi connectivity index (χ3v) is 6.47. The first-order valence-electron chi connectivity index (χ1n) is 11.5. The van der Waals surface area contributed by atoms with Gasteiger partial charge in [0.2, 0.25) is 5.91 Å². The third kappa shape index (κ3) is 4.46. The molecule has 2 aliphatic rings. The second kappa shape index (κ2) is 9.42. The van der Waals surface area contributed by atoms with Crippen molar-refractivity contribution in [2.75, 3.05) is 42.9 Å². The Labute approximate surface area is 201 Å². The molecule has 5 rings (SSSR count). The highest BCUT2D eigenvalue weighted by Crippen LogP contribution is 2.38. The quantitative estimate of drug-likeness (QED) is 0.601. The van der Waals surface area contributed by atoms with Crippen molar-refractivity contribution in [3.8, 4) is 11.1 Å². The minimum Gasteiger partial charge on any atom is -0.359 e. The van der Waals surface area contributed by atoms with Crippen molar-refractivity contribution in [1.29, 1.82) is 0 Å². The number of piperazine rings is 1. The Balaban J connectivity index is 1.45. The summed E-state index contributed by atoms with van der Waals surface area (Å²) in [6.07, 6.45) is 1.68. The van der Waals surface area contributed by atoms with Crippen molar-refractivity contribution >= 4 is 23.3 Å². The number of rotatable bonds is 4. The number of nitrogens with zero attached hydrogens (tertiary/aromatic N) is 3. The van der Waals surface area contributed by atoms with Crippen LogP contribution in [0, 0.1) is 11.6 Å². The summed E-state index contributed by atoms with van der Waals surface area (Å²) >= 11 is 0. The Bertz CT molecular complexity index is 1280. The fraction of sp³-hybridized carbons (Fsp3) is 0.269. The SMILES string of the molecule is CC(c1cc(F)ccc1F)N1C(=O)CNc2ncc(-c3ccc(C(=O)N4CCNCC4)cc3)cc21. The molecule has 9 heteroatoms. The predicted octanol–water partition coefficient (Wildman–Crippen LogP) is 3.59. The van der Waals surface area contributed by atoms with E-state index in [1.54, 1.807) is 31.3 Å². The van der Waals surface area contributed by atoms with Crippen molar-refractivity contribution in [3.63, 3.8) is 0 Å². The summed E-state index contributed by atoms with van der Waals surface area (Å²) in [7, 11) is 0. The van der Waals surface area contributed by atoms with Gasteiger partial charge in [0.25, 0.3) is 5.91 Å². The van der Waals surface area contributed by atoms with E-state index in [9.17, 15) is 18.4 Å². The maximum atomic E-state index is 14.5. The second-order valence-corrected chi connectivity index (χ2v) is 8.67. The number of halogens is 2. The standard InChI is InChI=1S/C26H25F2N5O2/c1-16(21-13-20(27)6-7-22(21)28)33-23-12-19(14-30-25(23)31-15-24(33)34)17-2-4-18(5-3-17)26(35)32-10-8-29-9-11-32/h2-7,12-14,16,29H,8-11,15H2,1H3,(H,30,31). The van der Waals surface area contributed by atoms with E-state index < -0.39 is 17.7 Å². The van der Waals surface area contributed by atoms with Gasteiger partial charge in [0.05, 0.1) is 18.3 Å². The Morgan fingerprint density at radius 2 is 1.77 bits per heavy atom. The fourth-order valence-electron chi connectivity index (χ4n) is 4.56. The topological polar surface area (TPSA) is 77.6 Å². The number of hydrogen-bond donors (Lipinski definition) is 2. The molecule has 0 radical (unpaired) electrons. The zero-order valence-corrected chi connectivity index (χ0v) is 19.2. The summed E-state index contributed by atoms with van der Waals surface area (Å²) in [5.41, 5.74) is 2.73. The van der Waals surface area contributed by atoms with E-state index in [4.69, 9.17) is 0 Å². The lowest BCUT2D eigenvalue weighted by Crippen LogP contribution is -2.46. The Kier molecular flexibility index (Phi) is 6.17. The predicted molar refractivity (Wildman–Crippen MR) is 129 cm³/mol. The first kappa shape index (κ1) is 22.9. The molecule has 3 aromatic rings. The molecular weight excluding hydrogens is 452 g/mol. The number of hydrogen-bond acceptors (Lipinski definition) is 5. The highest BCUT2D eigenvalue weighted by Gasteiger charge is 2.31. The van der Waals surface area contributed by atoms with Gasteiger partial charge in [0, 0.05) is 49.1 Å². The summed E-state index contributed by atoms with van der Waals surface area (Å²) in [4.78, 5) is 33.4. The van der Waals surface area contributed by atoms with Crippen molar-refractivity contribution in [2.24, 2.45) is 0 Å². The number of carbonyl (C=O) groups excluding carboxylic acids is 2. The van der Waals surface area contributed by atoms with E-state index >= 15 is 0 Å². The summed E-state index contributed by atoms with van der Waals surface area (Å²) in [6, 6.07) is 11.5. The Morgan fingerprint density at radius 3 is 2.51 bits per heavy atom. The molecule has 1 atom stereocenters. The Hall–Kier alpha value is -3.85. The number of nitrogens with one attached hydrogen (secondary N) is 2. The summed E-state index contributed by atoms with van der Waals surface area (Å²) in [5.74, 6) is -0.945. The lowest BCUT2D eigenvalue weighted by molar-refractivity contribution is -0.117. The van der Waals surface area contributed by atoms with Gasteiger partial charge in [-0.3, -0.25) is 9.59 Å². The van der Waals surface area contributed by atoms with Crippen LogP contribution in [-0.4, -0.2) is 54.4 Å². The lowest BCUT2D eigenvalue weighted by Gasteiger charge is -2.34. The number of anilines is 2. The smallest absolute Gasteiger partial charge is 0.253 e. The van der Waals surface area contributed by atoms with Gasteiger partial charge in [-0.2, -0.15) is 0 Å². The number of pyridine rings is 1. The summed E-state index contributed by atoms with van der Waals surface area (Å²) in [5, 5.41) is 6.22. The summed E-state index contributed by atoms with van der Waals surface area (Å²) in [6.45, 7) is 4.59. The molecule has 0 aliphatic carbocycles. The number of amides is 2. The maximum absolute atomic E-state index is 14.5. The van der Waals surface area contributed by atoms with E-state index in [2.05, 4.69) is 15.6 Å². The number of aromatic nitrogens is 1. The number of benzene rings is 2. The molecule has 2 aromatic carbocycles. The van der Waals surface area contributed by atoms with Crippen LogP contribution in [0.15, 0.2) is 54.7 Å². The van der Waals surface area contributed by atoms with Gasteiger partial charge >= 0.3 is 0 Å². The van der Waals surface area contributed by atoms with Crippen LogP contribution in [-0.2, 0) is 4.79 Å². The van der Waals surface area contributed by atoms with Crippen LogP contribution in [0.5, 0.6) is 0 Å². The van der Waals surface area contributed by atoms with E-state index in [0.717, 1.165) is 42.4 Å². The van der Waals surface area contributed by atoms with Crippen LogP contribution in [0.3, 0.4) is 0 Å². The highest BCUT2D eigenvalue weighted by atomic mass is 19.1. The van der Waals surface area contributed by atoms with Gasteiger partial charge in [-0.15, -0.1) is 0 Å². The van der Waals surface area contributed by atoms with E-state index in [0.29, 0.717) is 30.2 Å². The van der Waals surface area contributed by atoms with Gasteiger partial charge in [-0.25, -0.2) is 13.8 Å². The monoisotopic (exact) mass is 477 g/mol. The molecule has 1 saturated heterocycles. The van der Waals surface area contributed by atoms with Crippen molar-refractivity contribution < 1.29 is 18.4 Å². The molecule has 3 heterocycles. The molecule has 1 fully saturated rings. The second-order valence-electron chi connectivity index (χ2n) is 8.67. The molecular formula is C26H25F2N5O2. The normalized spacial score (nSPS) is 16.5. The van der Waals surface area contributed by atoms with E-state index in [-0.39, 0.29) is 23.9 Å². The fourth-order valence-corrected chi connectivity index (χ4v) is 4.56. The van der Waals surface area contributed by atoms with Gasteiger partial charge < -0.3 is 20.4 Å². The summed E-state index contributed by atoms with van der Waals surface area (Å²) < 4.78 is 28.3. The lowest BCUT2D eigenvalue weighted by atomic mass is 10.0. The molecule has 7 nitrogen and oxygen atoms in total. The minimum atomic E-state index is -0.741. The van der Waals surface area contributed by atoms with Crippen molar-refractivity contribution in [1.82, 2.24) is 15.2 Å². The Morgan fingerprint density at radius 1 is 1.03 bits per heavy atom. The van der Waals surface area contributed by atoms with Crippen LogP contribution in [0.1, 0.15) is 28.9 Å². The van der Waals surface area contributed by atoms with Crippen LogP contribution in [0.2, 0.25) is 0 Å². The molecule has 180 valence electrons. The van der Waals surface area contributed by atoms with Crippen LogP contribution in [0.4, 0.5) is 20.3 Å². The van der Waals surface area contributed by atoms with Gasteiger partial charge in [-0.1, -0.05) is 12.1 Å². The molecule has 35 heavy (non-hydrogen) atoms. The largest absolute Gasteiger partial charge is 0.359 e. The first-order valence-corrected chi connectivity index (χ1v) is 11.5. The number of fused-ring (bicyclic) bond motifs is 1. The molecule has 0 bridgehead atoms. The molecule has 2 N–H and O–H groups in total. The van der Waals surface area contributed by atoms with Crippen molar-refractivity contribution in [2.45, 2.75) is 13.0 Å². The molecule has 2 aliphatic heterocycles. The molecule has 1 unspecified atom stereocenters. The zero-order chi connectivity index (χ0) is 24.5. The minimum absolute atomic E-state index is 0.00342. The van der Waals surface area contributed by atoms with Crippen molar-refractivity contribution in [3.05, 3.63) is 77.5 Å². The van der Waals surface area contributed by atoms with Crippen LogP contribution < -0.4 is 15.5 Å². The van der Waals surface area contributed by atoms with Gasteiger partial charge in [-0.05, 0) is 48.9 Å². The average Bonchev–Trinajstić information content (AvgIpc) is 2.89. The van der Waals surface area contributed by atoms with Crippen LogP contribution in [0.25, 0.3) is 11.1 Å². The molecule has 0 saturated carbocycles. The van der Waals surface area contributed by atoms with Gasteiger partial charge in [0.1, 0.15) is 11.6 Å². The van der Waals surface area contributed by atoms with Crippen LogP contribution >= 0.6 is 0 Å². The molecule has 2 amide bonds. The maximum Gasteiger partial charge on any atom is 0.253 e. The third-order valence-electron chi connectivity index (χ3n) is 6.47. The highest BCUT2D eigenvalue weighted by molar-refractivity contribution is 6.03. The van der Waals surface area contributed by atoms with E-state index in [1.807, 2.05) is 17.0 Å². The molecule has 0 spiro atoms. The van der Waals surface area contributed by atoms with Gasteiger partial charge in [0.15, 0.2) is 5.82 Å². The first-order chi connectivity index (χ1) is 16.9.